The minimum atomic E-state index is -0.0760. The molecule has 1 heteroatoms. The summed E-state index contributed by atoms with van der Waals surface area (Å²) in [5.41, 5.74) is 18.1. The molecule has 0 radical (unpaired) electrons. The molecular weight excluding hydrogens is 639 g/mol. The summed E-state index contributed by atoms with van der Waals surface area (Å²) >= 11 is 0. The lowest BCUT2D eigenvalue weighted by atomic mass is 9.78. The van der Waals surface area contributed by atoms with Gasteiger partial charge in [0, 0.05) is 27.6 Å². The van der Waals surface area contributed by atoms with Gasteiger partial charge in [0.25, 0.3) is 0 Å². The Bertz CT molecular complexity index is 2240. The van der Waals surface area contributed by atoms with Crippen LogP contribution in [-0.4, -0.2) is 0 Å². The maximum Gasteiger partial charge on any atom is 0.0540 e. The van der Waals surface area contributed by atoms with Gasteiger partial charge < -0.3 is 4.90 Å². The van der Waals surface area contributed by atoms with E-state index in [1.54, 1.807) is 11.1 Å². The fraction of sp³-hybridized carbons (Fsp3) is 0.346. The van der Waals surface area contributed by atoms with Crippen LogP contribution in [0.1, 0.15) is 137 Å². The average molecular weight is 692 g/mol. The summed E-state index contributed by atoms with van der Waals surface area (Å²) in [6, 6.07) is 45.2. The Kier molecular flexibility index (Phi) is 7.77. The quantitative estimate of drug-likeness (QED) is 0.174. The molecule has 0 N–H and O–H groups in total. The third kappa shape index (κ3) is 5.25. The number of fused-ring (bicyclic) bond motifs is 7. The summed E-state index contributed by atoms with van der Waals surface area (Å²) in [5, 5.41) is 2.54. The number of benzene rings is 6. The minimum absolute atomic E-state index is 0.0760. The first-order valence-electron chi connectivity index (χ1n) is 20.7. The summed E-state index contributed by atoms with van der Waals surface area (Å²) in [5.74, 6) is 1.42. The van der Waals surface area contributed by atoms with Gasteiger partial charge in [-0.3, -0.25) is 0 Å². The Morgan fingerprint density at radius 1 is 0.434 bits per heavy atom. The third-order valence-corrected chi connectivity index (χ3v) is 14.0. The lowest BCUT2D eigenvalue weighted by molar-refractivity contribution is 0.443. The Labute approximate surface area is 317 Å². The second-order valence-electron chi connectivity index (χ2n) is 17.8. The molecule has 6 aromatic carbocycles. The molecule has 0 heterocycles. The van der Waals surface area contributed by atoms with Crippen LogP contribution in [0.15, 0.2) is 115 Å². The summed E-state index contributed by atoms with van der Waals surface area (Å²) < 4.78 is 0. The zero-order chi connectivity index (χ0) is 35.9. The summed E-state index contributed by atoms with van der Waals surface area (Å²) in [7, 11) is 0. The molecule has 0 aromatic heterocycles. The number of hydrogen-bond donors (Lipinski definition) is 0. The molecule has 0 spiro atoms. The Hall–Kier alpha value is -4.62. The first-order valence-corrected chi connectivity index (χ1v) is 20.7. The standard InChI is InChI=1S/C52H53N/c1-51(2)46-30-37(34-14-7-5-8-15-34)22-26-42(46)44-28-24-39(32-48(44)51)53(50-21-13-19-36-18-11-12-20-41(36)50)40-25-29-45-43-27-23-38(35-16-9-6-10-17-35)31-47(43)52(3,4)49(45)33-40/h11-13,18-35H,5-10,14-17H2,1-4H3. The van der Waals surface area contributed by atoms with Crippen LogP contribution in [0.3, 0.4) is 0 Å². The lowest BCUT2D eigenvalue weighted by Gasteiger charge is -2.30. The highest BCUT2D eigenvalue weighted by Crippen LogP contribution is 2.54. The van der Waals surface area contributed by atoms with Gasteiger partial charge in [0.15, 0.2) is 0 Å². The number of rotatable bonds is 5. The van der Waals surface area contributed by atoms with Crippen molar-refractivity contribution in [3.63, 3.8) is 0 Å². The van der Waals surface area contributed by atoms with Crippen molar-refractivity contribution in [2.24, 2.45) is 0 Å². The fourth-order valence-electron chi connectivity index (χ4n) is 11.0. The zero-order valence-corrected chi connectivity index (χ0v) is 32.1. The molecule has 53 heavy (non-hydrogen) atoms. The predicted molar refractivity (Wildman–Crippen MR) is 225 cm³/mol. The second-order valence-corrected chi connectivity index (χ2v) is 17.8. The first kappa shape index (κ1) is 33.0. The van der Waals surface area contributed by atoms with Crippen LogP contribution in [-0.2, 0) is 10.8 Å². The minimum Gasteiger partial charge on any atom is -0.310 e. The highest BCUT2D eigenvalue weighted by molar-refractivity contribution is 6.00. The van der Waals surface area contributed by atoms with Gasteiger partial charge in [0.2, 0.25) is 0 Å². The normalized spacial score (nSPS) is 18.7. The van der Waals surface area contributed by atoms with E-state index in [0.717, 1.165) is 0 Å². The summed E-state index contributed by atoms with van der Waals surface area (Å²) in [6.45, 7) is 9.80. The SMILES string of the molecule is CC1(C)c2cc(C3CCCCC3)ccc2-c2ccc(N(c3ccc4c(c3)C(C)(C)c3cc(C5CCCCC5)ccc3-4)c3cccc4ccccc34)cc21. The van der Waals surface area contributed by atoms with Crippen LogP contribution >= 0.6 is 0 Å². The smallest absolute Gasteiger partial charge is 0.0540 e. The van der Waals surface area contributed by atoms with E-state index in [2.05, 4.69) is 148 Å². The van der Waals surface area contributed by atoms with Crippen molar-refractivity contribution < 1.29 is 0 Å². The topological polar surface area (TPSA) is 3.24 Å². The van der Waals surface area contributed by atoms with Gasteiger partial charge >= 0.3 is 0 Å². The van der Waals surface area contributed by atoms with Crippen molar-refractivity contribution in [1.29, 1.82) is 0 Å². The van der Waals surface area contributed by atoms with Crippen molar-refractivity contribution in [3.8, 4) is 22.3 Å². The van der Waals surface area contributed by atoms with Crippen molar-refractivity contribution in [3.05, 3.63) is 149 Å². The van der Waals surface area contributed by atoms with E-state index in [4.69, 9.17) is 0 Å². The van der Waals surface area contributed by atoms with E-state index in [1.165, 1.54) is 137 Å². The Morgan fingerprint density at radius 2 is 0.868 bits per heavy atom. The molecule has 0 aliphatic heterocycles. The Morgan fingerprint density at radius 3 is 1.38 bits per heavy atom. The number of hydrogen-bond acceptors (Lipinski definition) is 1. The molecule has 1 nitrogen and oxygen atoms in total. The van der Waals surface area contributed by atoms with E-state index in [1.807, 2.05) is 0 Å². The molecule has 4 aliphatic carbocycles. The highest BCUT2D eigenvalue weighted by atomic mass is 15.1. The van der Waals surface area contributed by atoms with Crippen LogP contribution in [0.2, 0.25) is 0 Å². The maximum atomic E-state index is 2.58. The number of nitrogens with zero attached hydrogens (tertiary/aromatic N) is 1. The summed E-state index contributed by atoms with van der Waals surface area (Å²) in [4.78, 5) is 2.54. The molecule has 0 saturated heterocycles. The van der Waals surface area contributed by atoms with Crippen LogP contribution in [0.5, 0.6) is 0 Å². The van der Waals surface area contributed by atoms with Gasteiger partial charge in [-0.2, -0.15) is 0 Å². The van der Waals surface area contributed by atoms with Crippen LogP contribution in [0.25, 0.3) is 33.0 Å². The largest absolute Gasteiger partial charge is 0.310 e. The average Bonchev–Trinajstić information content (AvgIpc) is 3.57. The maximum absolute atomic E-state index is 2.58. The molecule has 10 rings (SSSR count). The van der Waals surface area contributed by atoms with Crippen molar-refractivity contribution in [2.45, 2.75) is 115 Å². The van der Waals surface area contributed by atoms with Gasteiger partial charge in [-0.1, -0.05) is 151 Å². The molecule has 266 valence electrons. The van der Waals surface area contributed by atoms with E-state index < -0.39 is 0 Å². The first-order chi connectivity index (χ1) is 25.8. The molecular formula is C52H53N. The molecule has 2 fully saturated rings. The van der Waals surface area contributed by atoms with Gasteiger partial charge in [0.1, 0.15) is 0 Å². The summed E-state index contributed by atoms with van der Waals surface area (Å²) in [6.07, 6.45) is 13.6. The van der Waals surface area contributed by atoms with Crippen molar-refractivity contribution >= 4 is 27.8 Å². The third-order valence-electron chi connectivity index (χ3n) is 14.0. The van der Waals surface area contributed by atoms with Gasteiger partial charge in [-0.25, -0.2) is 0 Å². The second kappa shape index (κ2) is 12.5. The fourth-order valence-corrected chi connectivity index (χ4v) is 11.0. The molecule has 0 unspecified atom stereocenters. The van der Waals surface area contributed by atoms with E-state index in [9.17, 15) is 0 Å². The molecule has 2 saturated carbocycles. The molecule has 4 aliphatic rings. The van der Waals surface area contributed by atoms with Crippen LogP contribution in [0.4, 0.5) is 17.1 Å². The van der Waals surface area contributed by atoms with Gasteiger partial charge in [-0.15, -0.1) is 0 Å². The molecule has 0 amide bonds. The molecule has 6 aromatic rings. The van der Waals surface area contributed by atoms with Gasteiger partial charge in [0.05, 0.1) is 5.69 Å². The predicted octanol–water partition coefficient (Wildman–Crippen LogP) is 15.0. The van der Waals surface area contributed by atoms with Crippen LogP contribution < -0.4 is 4.90 Å². The van der Waals surface area contributed by atoms with Crippen LogP contribution in [0, 0.1) is 0 Å². The Balaban J connectivity index is 1.10. The molecule has 0 bridgehead atoms. The van der Waals surface area contributed by atoms with Crippen molar-refractivity contribution in [2.75, 3.05) is 4.90 Å². The molecule has 0 atom stereocenters. The zero-order valence-electron chi connectivity index (χ0n) is 32.1. The van der Waals surface area contributed by atoms with E-state index in [-0.39, 0.29) is 10.8 Å². The number of anilines is 3. The van der Waals surface area contributed by atoms with E-state index >= 15 is 0 Å². The highest BCUT2D eigenvalue weighted by Gasteiger charge is 2.39. The van der Waals surface area contributed by atoms with E-state index in [0.29, 0.717) is 11.8 Å². The monoisotopic (exact) mass is 691 g/mol. The lowest BCUT2D eigenvalue weighted by Crippen LogP contribution is -2.18. The van der Waals surface area contributed by atoms with Gasteiger partial charge in [-0.05, 0) is 129 Å². The van der Waals surface area contributed by atoms with Crippen molar-refractivity contribution in [1.82, 2.24) is 0 Å².